The van der Waals surface area contributed by atoms with Crippen molar-refractivity contribution in [2.75, 3.05) is 6.54 Å². The Morgan fingerprint density at radius 2 is 2.06 bits per heavy atom. The lowest BCUT2D eigenvalue weighted by Crippen LogP contribution is -2.19. The molecule has 1 aromatic carbocycles. The lowest BCUT2D eigenvalue weighted by Gasteiger charge is -2.00. The molecule has 0 saturated heterocycles. The molecule has 1 aliphatic rings. The highest BCUT2D eigenvalue weighted by molar-refractivity contribution is 9.10. The van der Waals surface area contributed by atoms with Crippen LogP contribution in [0.5, 0.6) is 0 Å². The molecule has 18 heavy (non-hydrogen) atoms. The molecule has 2 N–H and O–H groups in total. The molecule has 4 heteroatoms. The fraction of sp³-hybridized carbons (Fsp3) is 0.357. The summed E-state index contributed by atoms with van der Waals surface area (Å²) in [5.41, 5.74) is 2.26. The SMILES string of the molecule is Brc1ccc(-c2cnc(CCNC3CC3)[nH]2)cc1. The molecule has 1 aromatic heterocycles. The van der Waals surface area contributed by atoms with Gasteiger partial charge in [0.1, 0.15) is 5.82 Å². The van der Waals surface area contributed by atoms with E-state index in [-0.39, 0.29) is 0 Å². The maximum Gasteiger partial charge on any atom is 0.107 e. The lowest BCUT2D eigenvalue weighted by molar-refractivity contribution is 0.669. The van der Waals surface area contributed by atoms with Gasteiger partial charge in [0.15, 0.2) is 0 Å². The summed E-state index contributed by atoms with van der Waals surface area (Å²) in [5.74, 6) is 1.06. The fourth-order valence-corrected chi connectivity index (χ4v) is 2.21. The zero-order chi connectivity index (χ0) is 12.4. The van der Waals surface area contributed by atoms with Crippen molar-refractivity contribution in [3.05, 3.63) is 40.8 Å². The maximum atomic E-state index is 4.42. The number of nitrogens with one attached hydrogen (secondary N) is 2. The second-order valence-electron chi connectivity index (χ2n) is 4.73. The molecule has 0 amide bonds. The predicted molar refractivity (Wildman–Crippen MR) is 76.5 cm³/mol. The maximum absolute atomic E-state index is 4.42. The quantitative estimate of drug-likeness (QED) is 0.891. The third-order valence-corrected chi connectivity index (χ3v) is 3.68. The van der Waals surface area contributed by atoms with Gasteiger partial charge in [0.05, 0.1) is 11.9 Å². The average molecular weight is 306 g/mol. The zero-order valence-corrected chi connectivity index (χ0v) is 11.7. The molecule has 0 aliphatic heterocycles. The van der Waals surface area contributed by atoms with Crippen LogP contribution in [0.2, 0.25) is 0 Å². The minimum Gasteiger partial charge on any atom is -0.342 e. The number of H-pyrrole nitrogens is 1. The number of nitrogens with zero attached hydrogens (tertiary/aromatic N) is 1. The number of imidazole rings is 1. The van der Waals surface area contributed by atoms with E-state index in [1.807, 2.05) is 18.3 Å². The first-order valence-corrected chi connectivity index (χ1v) is 7.14. The van der Waals surface area contributed by atoms with Crippen LogP contribution in [-0.2, 0) is 6.42 Å². The van der Waals surface area contributed by atoms with Crippen LogP contribution in [0.4, 0.5) is 0 Å². The van der Waals surface area contributed by atoms with Gasteiger partial charge in [-0.25, -0.2) is 4.98 Å². The summed E-state index contributed by atoms with van der Waals surface area (Å²) in [4.78, 5) is 7.80. The van der Waals surface area contributed by atoms with Gasteiger partial charge in [-0.05, 0) is 30.5 Å². The Labute approximate surface area is 115 Å². The normalized spacial score (nSPS) is 14.9. The van der Waals surface area contributed by atoms with Crippen LogP contribution < -0.4 is 5.32 Å². The monoisotopic (exact) mass is 305 g/mol. The molecule has 3 rings (SSSR count). The van der Waals surface area contributed by atoms with Gasteiger partial charge in [-0.1, -0.05) is 28.1 Å². The minimum absolute atomic E-state index is 0.769. The third kappa shape index (κ3) is 3.00. The smallest absolute Gasteiger partial charge is 0.107 e. The minimum atomic E-state index is 0.769. The Morgan fingerprint density at radius 1 is 1.28 bits per heavy atom. The summed E-state index contributed by atoms with van der Waals surface area (Å²) in [6, 6.07) is 9.04. The highest BCUT2D eigenvalue weighted by atomic mass is 79.9. The van der Waals surface area contributed by atoms with E-state index in [0.29, 0.717) is 0 Å². The van der Waals surface area contributed by atoms with Crippen molar-refractivity contribution in [3.8, 4) is 11.3 Å². The zero-order valence-electron chi connectivity index (χ0n) is 10.1. The average Bonchev–Trinajstić information content (AvgIpc) is 3.08. The number of hydrogen-bond donors (Lipinski definition) is 2. The van der Waals surface area contributed by atoms with Gasteiger partial charge in [-0.2, -0.15) is 0 Å². The van der Waals surface area contributed by atoms with Crippen molar-refractivity contribution in [1.29, 1.82) is 0 Å². The van der Waals surface area contributed by atoms with Gasteiger partial charge in [0.2, 0.25) is 0 Å². The van der Waals surface area contributed by atoms with Crippen LogP contribution in [0.3, 0.4) is 0 Å². The highest BCUT2D eigenvalue weighted by Gasteiger charge is 2.19. The number of rotatable bonds is 5. The molecule has 1 fully saturated rings. The molecule has 0 spiro atoms. The number of aromatic nitrogens is 2. The van der Waals surface area contributed by atoms with E-state index < -0.39 is 0 Å². The number of benzene rings is 1. The van der Waals surface area contributed by atoms with Gasteiger partial charge in [0, 0.05) is 23.5 Å². The van der Waals surface area contributed by atoms with Gasteiger partial charge < -0.3 is 10.3 Å². The Morgan fingerprint density at radius 3 is 2.78 bits per heavy atom. The van der Waals surface area contributed by atoms with E-state index in [1.54, 1.807) is 0 Å². The van der Waals surface area contributed by atoms with E-state index in [4.69, 9.17) is 0 Å². The summed E-state index contributed by atoms with van der Waals surface area (Å²) >= 11 is 3.44. The topological polar surface area (TPSA) is 40.7 Å². The number of aromatic amines is 1. The highest BCUT2D eigenvalue weighted by Crippen LogP contribution is 2.20. The van der Waals surface area contributed by atoms with E-state index in [9.17, 15) is 0 Å². The molecule has 1 aliphatic carbocycles. The summed E-state index contributed by atoms with van der Waals surface area (Å²) in [6.07, 6.45) is 5.55. The summed E-state index contributed by atoms with van der Waals surface area (Å²) in [5, 5.41) is 3.50. The second kappa shape index (κ2) is 5.24. The standard InChI is InChI=1S/C14H16BrN3/c15-11-3-1-10(2-4-11)13-9-17-14(18-13)7-8-16-12-5-6-12/h1-4,9,12,16H,5-8H2,(H,17,18). The summed E-state index contributed by atoms with van der Waals surface area (Å²) < 4.78 is 1.10. The van der Waals surface area contributed by atoms with Gasteiger partial charge in [-0.3, -0.25) is 0 Å². The van der Waals surface area contributed by atoms with Gasteiger partial charge >= 0.3 is 0 Å². The van der Waals surface area contributed by atoms with Crippen LogP contribution in [0, 0.1) is 0 Å². The molecular weight excluding hydrogens is 290 g/mol. The molecule has 2 aromatic rings. The Balaban J connectivity index is 1.62. The molecule has 0 unspecified atom stereocenters. The van der Waals surface area contributed by atoms with Crippen LogP contribution in [0.1, 0.15) is 18.7 Å². The first-order chi connectivity index (χ1) is 8.81. The van der Waals surface area contributed by atoms with E-state index in [0.717, 1.165) is 35.0 Å². The molecule has 94 valence electrons. The second-order valence-corrected chi connectivity index (χ2v) is 5.64. The Hall–Kier alpha value is -1.13. The lowest BCUT2D eigenvalue weighted by atomic mass is 10.2. The van der Waals surface area contributed by atoms with E-state index in [2.05, 4.69) is 43.3 Å². The Bertz CT molecular complexity index is 514. The third-order valence-electron chi connectivity index (χ3n) is 3.16. The van der Waals surface area contributed by atoms with Crippen molar-refractivity contribution in [2.24, 2.45) is 0 Å². The molecule has 1 saturated carbocycles. The largest absolute Gasteiger partial charge is 0.342 e. The fourth-order valence-electron chi connectivity index (χ4n) is 1.95. The van der Waals surface area contributed by atoms with Crippen molar-refractivity contribution in [1.82, 2.24) is 15.3 Å². The first kappa shape index (κ1) is 11.9. The van der Waals surface area contributed by atoms with Gasteiger partial charge in [0.25, 0.3) is 0 Å². The molecule has 1 heterocycles. The molecule has 3 nitrogen and oxygen atoms in total. The van der Waals surface area contributed by atoms with Crippen LogP contribution in [-0.4, -0.2) is 22.6 Å². The van der Waals surface area contributed by atoms with Crippen molar-refractivity contribution in [3.63, 3.8) is 0 Å². The number of halogens is 1. The van der Waals surface area contributed by atoms with Gasteiger partial charge in [-0.15, -0.1) is 0 Å². The van der Waals surface area contributed by atoms with Crippen molar-refractivity contribution in [2.45, 2.75) is 25.3 Å². The first-order valence-electron chi connectivity index (χ1n) is 6.34. The molecule has 0 atom stereocenters. The predicted octanol–water partition coefficient (Wildman–Crippen LogP) is 3.13. The van der Waals surface area contributed by atoms with E-state index >= 15 is 0 Å². The molecular formula is C14H16BrN3. The van der Waals surface area contributed by atoms with Crippen LogP contribution in [0.15, 0.2) is 34.9 Å². The van der Waals surface area contributed by atoms with Crippen LogP contribution in [0.25, 0.3) is 11.3 Å². The molecule has 0 bridgehead atoms. The summed E-state index contributed by atoms with van der Waals surface area (Å²) in [6.45, 7) is 1.01. The van der Waals surface area contributed by atoms with E-state index in [1.165, 1.54) is 18.4 Å². The van der Waals surface area contributed by atoms with Crippen molar-refractivity contribution >= 4 is 15.9 Å². The number of hydrogen-bond acceptors (Lipinski definition) is 2. The Kier molecular flexibility index (Phi) is 3.48. The summed E-state index contributed by atoms with van der Waals surface area (Å²) in [7, 11) is 0. The van der Waals surface area contributed by atoms with Crippen molar-refractivity contribution < 1.29 is 0 Å². The molecule has 0 radical (unpaired) electrons. The van der Waals surface area contributed by atoms with Crippen LogP contribution >= 0.6 is 15.9 Å².